The van der Waals surface area contributed by atoms with Crippen molar-refractivity contribution >= 4 is 22.6 Å². The lowest BCUT2D eigenvalue weighted by molar-refractivity contribution is 0.0629. The average Bonchev–Trinajstić information content (AvgIpc) is 3.27. The fourth-order valence-electron chi connectivity index (χ4n) is 3.44. The molecule has 0 spiro atoms. The molecule has 1 N–H and O–H groups in total. The third-order valence-corrected chi connectivity index (χ3v) is 4.79. The number of carbonyl (C=O) groups excluding carboxylic acids is 2. The zero-order valence-electron chi connectivity index (χ0n) is 14.0. The molecule has 1 amide bonds. The highest BCUT2D eigenvalue weighted by atomic mass is 16.2. The highest BCUT2D eigenvalue weighted by Crippen LogP contribution is 2.23. The summed E-state index contributed by atoms with van der Waals surface area (Å²) >= 11 is 0. The van der Waals surface area contributed by atoms with Crippen LogP contribution in [-0.4, -0.2) is 49.4 Å². The van der Waals surface area contributed by atoms with Gasteiger partial charge in [0.1, 0.15) is 0 Å². The minimum absolute atomic E-state index is 0.00288. The van der Waals surface area contributed by atoms with Gasteiger partial charge in [0.15, 0.2) is 11.5 Å². The first-order valence-electron chi connectivity index (χ1n) is 8.39. The Morgan fingerprint density at radius 2 is 2.12 bits per heavy atom. The van der Waals surface area contributed by atoms with Crippen LogP contribution in [0.15, 0.2) is 36.7 Å². The maximum atomic E-state index is 12.9. The molecule has 0 saturated carbocycles. The average molecular weight is 337 g/mol. The van der Waals surface area contributed by atoms with E-state index in [9.17, 15) is 9.59 Å². The van der Waals surface area contributed by atoms with Crippen LogP contribution in [-0.2, 0) is 7.05 Å². The quantitative estimate of drug-likeness (QED) is 0.741. The Morgan fingerprint density at radius 3 is 2.92 bits per heavy atom. The largest absolute Gasteiger partial charge is 0.336 e. The van der Waals surface area contributed by atoms with E-state index in [4.69, 9.17) is 0 Å². The molecule has 1 aliphatic rings. The second kappa shape index (κ2) is 6.16. The van der Waals surface area contributed by atoms with Crippen molar-refractivity contribution in [3.05, 3.63) is 48.2 Å². The van der Waals surface area contributed by atoms with Crippen LogP contribution in [0.4, 0.5) is 0 Å². The normalized spacial score (nSPS) is 17.8. The molecule has 1 fully saturated rings. The molecule has 7 nitrogen and oxygen atoms in total. The Balaban J connectivity index is 1.56. The Kier molecular flexibility index (Phi) is 3.83. The first kappa shape index (κ1) is 15.6. The molecular formula is C18H19N5O2. The summed E-state index contributed by atoms with van der Waals surface area (Å²) in [6.45, 7) is 1.05. The van der Waals surface area contributed by atoms with Crippen molar-refractivity contribution < 1.29 is 9.59 Å². The van der Waals surface area contributed by atoms with Crippen molar-refractivity contribution in [1.29, 1.82) is 0 Å². The monoisotopic (exact) mass is 337 g/mol. The van der Waals surface area contributed by atoms with Crippen LogP contribution in [0.2, 0.25) is 0 Å². The number of amides is 1. The maximum Gasteiger partial charge on any atom is 0.275 e. The number of aromatic amines is 1. The number of fused-ring (bicyclic) bond motifs is 1. The highest BCUT2D eigenvalue weighted by Gasteiger charge is 2.32. The molecule has 1 saturated heterocycles. The van der Waals surface area contributed by atoms with Gasteiger partial charge in [-0.3, -0.25) is 14.7 Å². The number of piperidine rings is 1. The molecule has 2 aromatic heterocycles. The number of likely N-dealkylation sites (tertiary alicyclic amines) is 1. The van der Waals surface area contributed by atoms with Gasteiger partial charge in [0.05, 0.1) is 5.52 Å². The van der Waals surface area contributed by atoms with Crippen LogP contribution < -0.4 is 0 Å². The third-order valence-electron chi connectivity index (χ3n) is 4.79. The number of hydrogen-bond acceptors (Lipinski definition) is 4. The number of nitrogens with one attached hydrogen (secondary N) is 1. The van der Waals surface area contributed by atoms with Gasteiger partial charge >= 0.3 is 0 Å². The molecular weight excluding hydrogens is 318 g/mol. The van der Waals surface area contributed by atoms with E-state index in [1.807, 2.05) is 31.3 Å². The van der Waals surface area contributed by atoms with Gasteiger partial charge in [-0.1, -0.05) is 18.2 Å². The summed E-state index contributed by atoms with van der Waals surface area (Å²) in [4.78, 5) is 31.5. The number of rotatable bonds is 3. The van der Waals surface area contributed by atoms with Crippen molar-refractivity contribution in [2.24, 2.45) is 13.0 Å². The molecule has 0 bridgehead atoms. The number of ketones is 1. The van der Waals surface area contributed by atoms with Gasteiger partial charge in [0.25, 0.3) is 5.91 Å². The van der Waals surface area contributed by atoms with Crippen molar-refractivity contribution in [2.75, 3.05) is 13.1 Å². The fourth-order valence-corrected chi connectivity index (χ4v) is 3.44. The van der Waals surface area contributed by atoms with Crippen molar-refractivity contribution in [3.63, 3.8) is 0 Å². The first-order chi connectivity index (χ1) is 12.1. The van der Waals surface area contributed by atoms with E-state index in [0.717, 1.165) is 23.7 Å². The number of para-hydroxylation sites is 1. The second-order valence-electron chi connectivity index (χ2n) is 6.43. The number of benzene rings is 1. The number of H-pyrrole nitrogens is 1. The van der Waals surface area contributed by atoms with Crippen LogP contribution >= 0.6 is 0 Å². The smallest absolute Gasteiger partial charge is 0.275 e. The molecule has 1 atom stereocenters. The lowest BCUT2D eigenvalue weighted by atomic mass is 9.93. The van der Waals surface area contributed by atoms with E-state index in [0.29, 0.717) is 24.6 Å². The van der Waals surface area contributed by atoms with Gasteiger partial charge in [-0.15, -0.1) is 0 Å². The Labute approximate surface area is 144 Å². The number of imidazole rings is 1. The van der Waals surface area contributed by atoms with Crippen LogP contribution in [0, 0.1) is 5.92 Å². The standard InChI is InChI=1S/C18H19N5O2/c1-22-10-8-19-17(22)16(24)12-5-4-9-23(11-12)18(25)15-13-6-2-3-7-14(13)20-21-15/h2-3,6-8,10,12H,4-5,9,11H2,1H3,(H,20,21)/t12-/m0/s1. The minimum Gasteiger partial charge on any atom is -0.336 e. The van der Waals surface area contributed by atoms with Crippen molar-refractivity contribution in [2.45, 2.75) is 12.8 Å². The van der Waals surface area contributed by atoms with E-state index < -0.39 is 0 Å². The summed E-state index contributed by atoms with van der Waals surface area (Å²) in [5, 5.41) is 7.89. The van der Waals surface area contributed by atoms with Crippen LogP contribution in [0.25, 0.3) is 10.9 Å². The molecule has 0 aliphatic carbocycles. The molecule has 1 aromatic carbocycles. The Bertz CT molecular complexity index is 942. The SMILES string of the molecule is Cn1ccnc1C(=O)[C@H]1CCCN(C(=O)c2n[nH]c3ccccc23)C1. The molecule has 25 heavy (non-hydrogen) atoms. The maximum absolute atomic E-state index is 12.9. The zero-order chi connectivity index (χ0) is 17.4. The zero-order valence-corrected chi connectivity index (χ0v) is 14.0. The summed E-state index contributed by atoms with van der Waals surface area (Å²) in [6.07, 6.45) is 4.95. The number of aryl methyl sites for hydroxylation is 1. The first-order valence-corrected chi connectivity index (χ1v) is 8.39. The summed E-state index contributed by atoms with van der Waals surface area (Å²) in [6, 6.07) is 7.56. The van der Waals surface area contributed by atoms with Gasteiger partial charge in [0, 0.05) is 43.8 Å². The fraction of sp³-hybridized carbons (Fsp3) is 0.333. The molecule has 3 heterocycles. The highest BCUT2D eigenvalue weighted by molar-refractivity contribution is 6.05. The number of Topliss-reactive ketones (excluding diaryl/α,β-unsaturated/α-hetero) is 1. The van der Waals surface area contributed by atoms with Gasteiger partial charge in [-0.2, -0.15) is 5.10 Å². The predicted octanol–water partition coefficient (Wildman–Crippen LogP) is 2.03. The van der Waals surface area contributed by atoms with Gasteiger partial charge in [0.2, 0.25) is 5.78 Å². The third kappa shape index (κ3) is 2.71. The minimum atomic E-state index is -0.219. The van der Waals surface area contributed by atoms with Crippen LogP contribution in [0.1, 0.15) is 33.9 Å². The molecule has 7 heteroatoms. The van der Waals surface area contributed by atoms with E-state index >= 15 is 0 Å². The lowest BCUT2D eigenvalue weighted by Crippen LogP contribution is -2.43. The van der Waals surface area contributed by atoms with Gasteiger partial charge < -0.3 is 9.47 Å². The number of carbonyl (C=O) groups is 2. The summed E-state index contributed by atoms with van der Waals surface area (Å²) in [5.41, 5.74) is 1.25. The number of aromatic nitrogens is 4. The number of hydrogen-bond donors (Lipinski definition) is 1. The van der Waals surface area contributed by atoms with Crippen LogP contribution in [0.5, 0.6) is 0 Å². The van der Waals surface area contributed by atoms with Crippen molar-refractivity contribution in [1.82, 2.24) is 24.6 Å². The molecule has 0 radical (unpaired) electrons. The van der Waals surface area contributed by atoms with Crippen LogP contribution in [0.3, 0.4) is 0 Å². The van der Waals surface area contributed by atoms with E-state index in [1.54, 1.807) is 21.9 Å². The Morgan fingerprint density at radius 1 is 1.28 bits per heavy atom. The summed E-state index contributed by atoms with van der Waals surface area (Å²) in [5.74, 6) is 0.0974. The van der Waals surface area contributed by atoms with Gasteiger partial charge in [-0.05, 0) is 18.9 Å². The molecule has 128 valence electrons. The summed E-state index contributed by atoms with van der Waals surface area (Å²) < 4.78 is 1.73. The lowest BCUT2D eigenvalue weighted by Gasteiger charge is -2.31. The molecule has 0 unspecified atom stereocenters. The van der Waals surface area contributed by atoms with Crippen molar-refractivity contribution in [3.8, 4) is 0 Å². The summed E-state index contributed by atoms with van der Waals surface area (Å²) in [7, 11) is 1.81. The van der Waals surface area contributed by atoms with Gasteiger partial charge in [-0.25, -0.2) is 4.98 Å². The second-order valence-corrected chi connectivity index (χ2v) is 6.43. The van der Waals surface area contributed by atoms with E-state index in [2.05, 4.69) is 15.2 Å². The predicted molar refractivity (Wildman–Crippen MR) is 92.3 cm³/mol. The molecule has 3 aromatic rings. The van der Waals surface area contributed by atoms with E-state index in [1.165, 1.54) is 0 Å². The molecule has 4 rings (SSSR count). The Hall–Kier alpha value is -2.96. The molecule has 1 aliphatic heterocycles. The van der Waals surface area contributed by atoms with E-state index in [-0.39, 0.29) is 17.6 Å². The topological polar surface area (TPSA) is 83.9 Å². The number of nitrogens with zero attached hydrogens (tertiary/aromatic N) is 4.